The first kappa shape index (κ1) is 10.2. The van der Waals surface area contributed by atoms with E-state index in [0.29, 0.717) is 0 Å². The molecule has 2 aromatic rings. The van der Waals surface area contributed by atoms with E-state index in [-0.39, 0.29) is 28.7 Å². The van der Waals surface area contributed by atoms with Crippen LogP contribution in [0, 0.1) is 0 Å². The Morgan fingerprint density at radius 3 is 1.88 bits per heavy atom. The molecule has 4 heteroatoms. The second-order valence-corrected chi connectivity index (χ2v) is 3.20. The lowest BCUT2D eigenvalue weighted by atomic mass is 10.3. The summed E-state index contributed by atoms with van der Waals surface area (Å²) in [5.74, 6) is -0.361. The van der Waals surface area contributed by atoms with E-state index in [1.54, 1.807) is 12.1 Å². The van der Waals surface area contributed by atoms with Crippen LogP contribution in [0.2, 0.25) is 0 Å². The first-order valence-electron chi connectivity index (χ1n) is 4.65. The first-order chi connectivity index (χ1) is 7.68. The molecule has 0 aliphatic rings. The highest BCUT2D eigenvalue weighted by atomic mass is 16.5. The summed E-state index contributed by atoms with van der Waals surface area (Å²) in [5.41, 5.74) is 0. The Balaban J connectivity index is 2.38. The third kappa shape index (κ3) is 1.86. The van der Waals surface area contributed by atoms with Gasteiger partial charge >= 0.3 is 0 Å². The standard InChI is InChI=1S/C12H10O4/c13-8-4-1-2-7-11(8)16-12-9(14)5-3-6-10(12)15/h1-7,13-15H. The van der Waals surface area contributed by atoms with Crippen LogP contribution in [-0.4, -0.2) is 15.3 Å². The molecule has 2 aromatic carbocycles. The van der Waals surface area contributed by atoms with Gasteiger partial charge in [-0.1, -0.05) is 18.2 Å². The second-order valence-electron chi connectivity index (χ2n) is 3.20. The van der Waals surface area contributed by atoms with Gasteiger partial charge in [-0.3, -0.25) is 0 Å². The molecule has 0 fully saturated rings. The van der Waals surface area contributed by atoms with Crippen LogP contribution in [0.5, 0.6) is 28.7 Å². The van der Waals surface area contributed by atoms with Gasteiger partial charge in [0.1, 0.15) is 0 Å². The van der Waals surface area contributed by atoms with E-state index in [9.17, 15) is 15.3 Å². The van der Waals surface area contributed by atoms with Gasteiger partial charge in [0.25, 0.3) is 0 Å². The molecule has 0 aliphatic carbocycles. The van der Waals surface area contributed by atoms with Gasteiger partial charge in [0, 0.05) is 0 Å². The molecule has 0 heterocycles. The van der Waals surface area contributed by atoms with Crippen molar-refractivity contribution in [2.24, 2.45) is 0 Å². The zero-order valence-electron chi connectivity index (χ0n) is 8.29. The number of para-hydroxylation sites is 3. The second kappa shape index (κ2) is 4.02. The molecule has 4 nitrogen and oxygen atoms in total. The fourth-order valence-electron chi connectivity index (χ4n) is 1.27. The topological polar surface area (TPSA) is 69.9 Å². The summed E-state index contributed by atoms with van der Waals surface area (Å²) in [6, 6.07) is 10.6. The van der Waals surface area contributed by atoms with Crippen LogP contribution in [0.4, 0.5) is 0 Å². The molecule has 82 valence electrons. The number of rotatable bonds is 2. The van der Waals surface area contributed by atoms with Gasteiger partial charge in [0.15, 0.2) is 23.0 Å². The number of hydrogen-bond acceptors (Lipinski definition) is 4. The van der Waals surface area contributed by atoms with Crippen LogP contribution in [0.25, 0.3) is 0 Å². The largest absolute Gasteiger partial charge is 0.504 e. The van der Waals surface area contributed by atoms with Crippen molar-refractivity contribution < 1.29 is 20.1 Å². The summed E-state index contributed by atoms with van der Waals surface area (Å²) in [7, 11) is 0. The summed E-state index contributed by atoms with van der Waals surface area (Å²) in [5, 5.41) is 28.4. The minimum Gasteiger partial charge on any atom is -0.504 e. The molecule has 3 N–H and O–H groups in total. The molecule has 0 atom stereocenters. The van der Waals surface area contributed by atoms with Gasteiger partial charge in [-0.15, -0.1) is 0 Å². The van der Waals surface area contributed by atoms with Gasteiger partial charge in [-0.2, -0.15) is 0 Å². The van der Waals surface area contributed by atoms with E-state index in [2.05, 4.69) is 0 Å². The average molecular weight is 218 g/mol. The van der Waals surface area contributed by atoms with E-state index in [0.717, 1.165) is 0 Å². The van der Waals surface area contributed by atoms with Crippen molar-refractivity contribution in [1.29, 1.82) is 0 Å². The maximum absolute atomic E-state index is 9.48. The fraction of sp³-hybridized carbons (Fsp3) is 0. The van der Waals surface area contributed by atoms with Gasteiger partial charge in [0.05, 0.1) is 0 Å². The Morgan fingerprint density at radius 2 is 1.25 bits per heavy atom. The Labute approximate surface area is 92.0 Å². The predicted octanol–water partition coefficient (Wildman–Crippen LogP) is 2.60. The Morgan fingerprint density at radius 1 is 0.688 bits per heavy atom. The van der Waals surface area contributed by atoms with Crippen molar-refractivity contribution >= 4 is 0 Å². The van der Waals surface area contributed by atoms with Gasteiger partial charge < -0.3 is 20.1 Å². The molecule has 0 aromatic heterocycles. The highest BCUT2D eigenvalue weighted by molar-refractivity contribution is 5.53. The van der Waals surface area contributed by atoms with Crippen molar-refractivity contribution in [1.82, 2.24) is 0 Å². The van der Waals surface area contributed by atoms with Gasteiger partial charge in [-0.25, -0.2) is 0 Å². The molecule has 0 saturated heterocycles. The van der Waals surface area contributed by atoms with Crippen molar-refractivity contribution in [3.05, 3.63) is 42.5 Å². The molecule has 0 unspecified atom stereocenters. The van der Waals surface area contributed by atoms with Crippen LogP contribution in [0.1, 0.15) is 0 Å². The number of ether oxygens (including phenoxy) is 1. The number of aromatic hydroxyl groups is 3. The van der Waals surface area contributed by atoms with Crippen LogP contribution in [0.15, 0.2) is 42.5 Å². The molecular weight excluding hydrogens is 208 g/mol. The van der Waals surface area contributed by atoms with E-state index < -0.39 is 0 Å². The minimum absolute atomic E-state index is 0.0647. The van der Waals surface area contributed by atoms with E-state index in [4.69, 9.17) is 4.74 Å². The zero-order valence-corrected chi connectivity index (χ0v) is 8.29. The number of phenolic OH excluding ortho intramolecular Hbond substituents is 3. The highest BCUT2D eigenvalue weighted by Crippen LogP contribution is 2.40. The van der Waals surface area contributed by atoms with E-state index in [1.165, 1.54) is 30.3 Å². The smallest absolute Gasteiger partial charge is 0.210 e. The molecule has 0 bridgehead atoms. The van der Waals surface area contributed by atoms with Crippen molar-refractivity contribution in [3.63, 3.8) is 0 Å². The Kier molecular flexibility index (Phi) is 2.55. The molecular formula is C12H10O4. The molecule has 0 amide bonds. The maximum Gasteiger partial charge on any atom is 0.210 e. The lowest BCUT2D eigenvalue weighted by Crippen LogP contribution is -1.86. The molecule has 2 rings (SSSR count). The zero-order chi connectivity index (χ0) is 11.5. The predicted molar refractivity (Wildman–Crippen MR) is 58.0 cm³/mol. The molecule has 16 heavy (non-hydrogen) atoms. The van der Waals surface area contributed by atoms with Crippen LogP contribution in [-0.2, 0) is 0 Å². The monoisotopic (exact) mass is 218 g/mol. The lowest BCUT2D eigenvalue weighted by Gasteiger charge is -2.09. The van der Waals surface area contributed by atoms with Crippen molar-refractivity contribution in [3.8, 4) is 28.7 Å². The van der Waals surface area contributed by atoms with E-state index >= 15 is 0 Å². The van der Waals surface area contributed by atoms with Crippen LogP contribution < -0.4 is 4.74 Å². The number of phenols is 3. The number of benzene rings is 2. The van der Waals surface area contributed by atoms with Crippen molar-refractivity contribution in [2.75, 3.05) is 0 Å². The third-order valence-corrected chi connectivity index (χ3v) is 2.05. The molecule has 0 spiro atoms. The maximum atomic E-state index is 9.48. The summed E-state index contributed by atoms with van der Waals surface area (Å²) in [4.78, 5) is 0. The number of hydrogen-bond donors (Lipinski definition) is 3. The lowest BCUT2D eigenvalue weighted by molar-refractivity contribution is 0.360. The Hall–Kier alpha value is -2.36. The van der Waals surface area contributed by atoms with Gasteiger partial charge in [0.2, 0.25) is 5.75 Å². The quantitative estimate of drug-likeness (QED) is 0.724. The first-order valence-corrected chi connectivity index (χ1v) is 4.65. The van der Waals surface area contributed by atoms with Gasteiger partial charge in [-0.05, 0) is 24.3 Å². The minimum atomic E-state index is -0.191. The summed E-state index contributed by atoms with van der Waals surface area (Å²) in [6.45, 7) is 0. The fourth-order valence-corrected chi connectivity index (χ4v) is 1.27. The SMILES string of the molecule is Oc1ccccc1Oc1c(O)cccc1O. The van der Waals surface area contributed by atoms with Crippen LogP contribution in [0.3, 0.4) is 0 Å². The molecule has 0 radical (unpaired) electrons. The Bertz CT molecular complexity index is 488. The third-order valence-electron chi connectivity index (χ3n) is 2.05. The van der Waals surface area contributed by atoms with Crippen LogP contribution >= 0.6 is 0 Å². The van der Waals surface area contributed by atoms with Crippen molar-refractivity contribution in [2.45, 2.75) is 0 Å². The summed E-state index contributed by atoms with van der Waals surface area (Å²) in [6.07, 6.45) is 0. The normalized spacial score (nSPS) is 10.0. The molecule has 0 aliphatic heterocycles. The molecule has 0 saturated carbocycles. The summed E-state index contributed by atoms with van der Waals surface area (Å²) < 4.78 is 5.22. The average Bonchev–Trinajstić information content (AvgIpc) is 2.26. The van der Waals surface area contributed by atoms with E-state index in [1.807, 2.05) is 0 Å². The highest BCUT2D eigenvalue weighted by Gasteiger charge is 2.11. The summed E-state index contributed by atoms with van der Waals surface area (Å²) >= 11 is 0.